The van der Waals surface area contributed by atoms with Crippen LogP contribution in [0.5, 0.6) is 0 Å². The summed E-state index contributed by atoms with van der Waals surface area (Å²) in [7, 11) is 0. The SMILES string of the molecule is O=C(O)C(I)(I)C(I)(I)C(I)(I)C(I)(I)C(I)(I)C(I)(I)C(I)(I)C(I)(I)C(I)(I)C(I)(I)C(I)(I)C(I)(I)C(I)(I)C(I)(I)I. The van der Waals surface area contributed by atoms with Crippen LogP contribution < -0.4 is 0 Å². The molecule has 0 aliphatic rings. The van der Waals surface area contributed by atoms with E-state index in [2.05, 4.69) is 655 Å². The first-order chi connectivity index (χ1) is 19.2. The van der Waals surface area contributed by atoms with Gasteiger partial charge in [-0.1, -0.05) is 655 Å². The van der Waals surface area contributed by atoms with Gasteiger partial charge in [-0.25, -0.2) is 4.79 Å². The van der Waals surface area contributed by atoms with Crippen molar-refractivity contribution in [2.45, 2.75) is 18.0 Å². The zero-order chi connectivity index (χ0) is 38.6. The van der Waals surface area contributed by atoms with Crippen LogP contribution in [0.4, 0.5) is 0 Å². The number of carboxylic acid groups (broad SMARTS) is 1. The summed E-state index contributed by atoms with van der Waals surface area (Å²) < 4.78 is -4.92. The maximum absolute atomic E-state index is 12.6. The van der Waals surface area contributed by atoms with E-state index in [-0.39, 0.29) is 12.3 Å². The zero-order valence-electron chi connectivity index (χ0n) is 19.3. The molecular weight excluding hydrogens is 3890 g/mol. The van der Waals surface area contributed by atoms with Crippen LogP contribution in [0.1, 0.15) is 0 Å². The lowest BCUT2D eigenvalue weighted by atomic mass is 10.0. The van der Waals surface area contributed by atoms with E-state index in [1.165, 1.54) is 0 Å². The fourth-order valence-electron chi connectivity index (χ4n) is 2.48. The summed E-state index contributed by atoms with van der Waals surface area (Å²) >= 11 is 76.4. The van der Waals surface area contributed by atoms with E-state index in [0.717, 1.165) is 0 Å². The molecule has 0 aliphatic heterocycles. The Balaban J connectivity index is 7.59. The Kier molecular flexibility index (Phi) is 34.3. The third-order valence-electron chi connectivity index (χ3n) is 5.36. The number of hydrogen-bond donors (Lipinski definition) is 1. The Labute approximate surface area is 665 Å². The lowest BCUT2D eigenvalue weighted by Crippen LogP contribution is -2.72. The monoisotopic (exact) mass is 3890 g/mol. The van der Waals surface area contributed by atoms with E-state index in [0.29, 0.717) is 0 Å². The number of carboxylic acids is 1. The number of alkyl halides is 29. The van der Waals surface area contributed by atoms with Gasteiger partial charge < -0.3 is 5.11 Å². The molecule has 0 saturated carbocycles. The van der Waals surface area contributed by atoms with E-state index in [4.69, 9.17) is 0 Å². The van der Waals surface area contributed by atoms with Gasteiger partial charge in [0.2, 0.25) is 0 Å². The molecule has 46 heavy (non-hydrogen) atoms. The molecule has 0 bridgehead atoms. The first kappa shape index (κ1) is 66.6. The maximum Gasteiger partial charge on any atom is 0.332 e. The predicted octanol–water partition coefficient (Wildman–Crippen LogP) is 22.4. The fourth-order valence-corrected chi connectivity index (χ4v) is 48.6. The second-order valence-corrected chi connectivity index (χ2v) is 88.2. The van der Waals surface area contributed by atoms with Gasteiger partial charge in [0.15, 0.2) is 1.43 Å². The molecule has 0 unspecified atom stereocenters. The Morgan fingerprint density at radius 1 is 0.261 bits per heavy atom. The second kappa shape index (κ2) is 23.7. The number of hydrogen-bond acceptors (Lipinski definition) is 1. The quantitative estimate of drug-likeness (QED) is 0.139. The molecule has 0 rings (SSSR count). The van der Waals surface area contributed by atoms with Crippen LogP contribution in [-0.4, -0.2) is 29.1 Å². The molecule has 0 saturated heterocycles. The van der Waals surface area contributed by atoms with Gasteiger partial charge in [0.05, 0.1) is 0 Å². The number of halogens is 29. The van der Waals surface area contributed by atoms with Gasteiger partial charge in [-0.2, -0.15) is 0 Å². The van der Waals surface area contributed by atoms with Gasteiger partial charge in [0, 0.05) is 0 Å². The summed E-state index contributed by atoms with van der Waals surface area (Å²) in [5.41, 5.74) is 0. The molecule has 1 N–H and O–H groups in total. The fraction of sp³-hybridized carbons (Fsp3) is 0.933. The minimum absolute atomic E-state index is 0.0203. The van der Waals surface area contributed by atoms with Crippen molar-refractivity contribution >= 4 is 661 Å². The van der Waals surface area contributed by atoms with Crippen LogP contribution in [0.2, 0.25) is 0 Å². The highest BCUT2D eigenvalue weighted by Crippen LogP contribution is 2.84. The van der Waals surface area contributed by atoms with Crippen LogP contribution in [0.15, 0.2) is 0 Å². The molecule has 0 fully saturated rings. The molecular formula is C15HI29O2. The van der Waals surface area contributed by atoms with E-state index < -0.39 is 11.7 Å². The zero-order valence-corrected chi connectivity index (χ0v) is 81.9. The van der Waals surface area contributed by atoms with Crippen LogP contribution in [0.25, 0.3) is 0 Å². The second-order valence-electron chi connectivity index (χ2n) is 8.27. The van der Waals surface area contributed by atoms with Gasteiger partial charge in [-0.3, -0.25) is 0 Å². The minimum Gasteiger partial charge on any atom is -0.480 e. The van der Waals surface area contributed by atoms with E-state index in [1.807, 2.05) is 0 Å². The van der Waals surface area contributed by atoms with Crippen LogP contribution in [-0.2, 0) is 4.79 Å². The molecule has 0 atom stereocenters. The first-order valence-corrected chi connectivity index (χ1v) is 40.7. The first-order valence-electron chi connectivity index (χ1n) is 9.41. The van der Waals surface area contributed by atoms with Crippen LogP contribution in [0, 0.1) is 0 Å². The Morgan fingerprint density at radius 2 is 0.391 bits per heavy atom. The van der Waals surface area contributed by atoms with Crippen LogP contribution in [0.3, 0.4) is 0 Å². The number of rotatable bonds is 14. The normalized spacial score (nSPS) is 17.0. The average molecular weight is 3890 g/mol. The smallest absolute Gasteiger partial charge is 0.332 e. The minimum atomic E-state index is -1.03. The summed E-state index contributed by atoms with van der Waals surface area (Å²) in [5, 5.41) is 10.3. The van der Waals surface area contributed by atoms with Crippen molar-refractivity contribution in [2.75, 3.05) is 0 Å². The van der Waals surface area contributed by atoms with Crippen molar-refractivity contribution in [1.29, 1.82) is 0 Å². The summed E-state index contributed by atoms with van der Waals surface area (Å²) in [6, 6.07) is 0. The van der Waals surface area contributed by atoms with Crippen molar-refractivity contribution in [1.82, 2.24) is 0 Å². The molecule has 0 amide bonds. The van der Waals surface area contributed by atoms with Crippen LogP contribution >= 0.6 is 655 Å². The van der Waals surface area contributed by atoms with Crippen molar-refractivity contribution in [3.63, 3.8) is 0 Å². The summed E-state index contributed by atoms with van der Waals surface area (Å²) in [6.45, 7) is 0. The van der Waals surface area contributed by atoms with E-state index in [9.17, 15) is 9.90 Å². The number of aliphatic carboxylic acids is 1. The van der Waals surface area contributed by atoms with E-state index in [1.54, 1.807) is 0 Å². The summed E-state index contributed by atoms with van der Waals surface area (Å²) in [4.78, 5) is 12.6. The molecule has 0 spiro atoms. The Morgan fingerprint density at radius 3 is 0.522 bits per heavy atom. The van der Waals surface area contributed by atoms with Crippen molar-refractivity contribution < 1.29 is 9.90 Å². The van der Waals surface area contributed by atoms with Gasteiger partial charge in [-0.15, -0.1) is 0 Å². The molecule has 0 aromatic rings. The highest BCUT2D eigenvalue weighted by Gasteiger charge is 2.82. The average Bonchev–Trinajstić information content (AvgIpc) is 2.81. The highest BCUT2D eigenvalue weighted by molar-refractivity contribution is 14.3. The molecule has 0 aliphatic carbocycles. The lowest BCUT2D eigenvalue weighted by Gasteiger charge is -2.62. The van der Waals surface area contributed by atoms with Gasteiger partial charge in [-0.05, 0) is 0 Å². The molecule has 0 aromatic carbocycles. The van der Waals surface area contributed by atoms with E-state index >= 15 is 0 Å². The summed E-state index contributed by atoms with van der Waals surface area (Å²) in [5.74, 6) is -0.813. The number of carbonyl (C=O) groups is 1. The maximum atomic E-state index is 12.6. The lowest BCUT2D eigenvalue weighted by molar-refractivity contribution is -0.136. The van der Waals surface area contributed by atoms with Gasteiger partial charge >= 0.3 is 5.97 Å². The highest BCUT2D eigenvalue weighted by atomic mass is 127. The predicted molar refractivity (Wildman–Crippen MR) is 452 cm³/mol. The van der Waals surface area contributed by atoms with Crippen molar-refractivity contribution in [2.24, 2.45) is 0 Å². The third kappa shape index (κ3) is 12.7. The van der Waals surface area contributed by atoms with Crippen molar-refractivity contribution in [3.8, 4) is 0 Å². The standard InChI is InChI=1S/C15HI29O2/c16-2(17,1(45)46)3(18,19)4(20,21)5(22,23)6(24,25)7(26,27)8(28,29)9(30,31)10(32,33)11(34,35)12(36,37)13(38,39)14(40,41)15(42,43)44/h(H,45,46). The molecule has 0 heterocycles. The molecule has 276 valence electrons. The molecule has 31 heteroatoms. The topological polar surface area (TPSA) is 37.3 Å². The van der Waals surface area contributed by atoms with Crippen molar-refractivity contribution in [3.05, 3.63) is 0 Å². The Hall–Kier alpha value is 20.6. The summed E-state index contributed by atoms with van der Waals surface area (Å²) in [6.07, 6.45) is 0. The molecule has 2 nitrogen and oxygen atoms in total. The Bertz CT molecular complexity index is 1160. The third-order valence-corrected chi connectivity index (χ3v) is 105. The molecule has 0 aromatic heterocycles. The van der Waals surface area contributed by atoms with Gasteiger partial charge in [0.1, 0.15) is 16.6 Å². The van der Waals surface area contributed by atoms with Gasteiger partial charge in [0.25, 0.3) is 0 Å². The largest absolute Gasteiger partial charge is 0.480 e. The molecule has 0 radical (unpaired) electrons.